The van der Waals surface area contributed by atoms with Gasteiger partial charge in [-0.15, -0.1) is 11.3 Å². The van der Waals surface area contributed by atoms with E-state index in [4.69, 9.17) is 0 Å². The first-order valence-electron chi connectivity index (χ1n) is 7.19. The Hall–Kier alpha value is -1.14. The minimum atomic E-state index is -0.657. The maximum Gasteiger partial charge on any atom is 0.304 e. The average molecular weight is 298 g/mol. The summed E-state index contributed by atoms with van der Waals surface area (Å²) in [5, 5.41) is 21.5. The predicted octanol–water partition coefficient (Wildman–Crippen LogP) is 3.87. The molecule has 1 fully saturated rings. The highest BCUT2D eigenvalue weighted by Crippen LogP contribution is 2.41. The van der Waals surface area contributed by atoms with Gasteiger partial charge in [0.2, 0.25) is 0 Å². The van der Waals surface area contributed by atoms with Crippen LogP contribution in [0.4, 0.5) is 10.7 Å². The minimum Gasteiger partial charge on any atom is -0.388 e. The fraction of sp³-hybridized carbons (Fsp3) is 0.714. The molecule has 2 rings (SSSR count). The van der Waals surface area contributed by atoms with Crippen molar-refractivity contribution in [3.63, 3.8) is 0 Å². The molecule has 1 saturated carbocycles. The van der Waals surface area contributed by atoms with E-state index in [0.717, 1.165) is 12.8 Å². The van der Waals surface area contributed by atoms with Crippen LogP contribution in [-0.2, 0) is 0 Å². The largest absolute Gasteiger partial charge is 0.388 e. The maximum absolute atomic E-state index is 11.2. The fourth-order valence-corrected chi connectivity index (χ4v) is 3.89. The number of nitro groups is 1. The number of anilines is 1. The van der Waals surface area contributed by atoms with E-state index in [1.165, 1.54) is 43.1 Å². The van der Waals surface area contributed by atoms with Crippen LogP contribution in [0.15, 0.2) is 6.07 Å². The van der Waals surface area contributed by atoms with Crippen molar-refractivity contribution in [1.82, 2.24) is 0 Å². The first-order chi connectivity index (χ1) is 9.50. The molecule has 0 spiro atoms. The molecule has 1 N–H and O–H groups in total. The second-order valence-corrected chi connectivity index (χ2v) is 6.59. The van der Waals surface area contributed by atoms with Crippen molar-refractivity contribution >= 4 is 22.0 Å². The quantitative estimate of drug-likeness (QED) is 0.520. The summed E-state index contributed by atoms with van der Waals surface area (Å²) in [7, 11) is 1.95. The molecular weight excluding hydrogens is 276 g/mol. The molecule has 20 heavy (non-hydrogen) atoms. The summed E-state index contributed by atoms with van der Waals surface area (Å²) in [6, 6.07) is 1.88. The summed E-state index contributed by atoms with van der Waals surface area (Å²) >= 11 is 1.34. The van der Waals surface area contributed by atoms with Crippen molar-refractivity contribution in [2.45, 2.75) is 57.6 Å². The van der Waals surface area contributed by atoms with Crippen molar-refractivity contribution < 1.29 is 10.0 Å². The number of aliphatic hydroxyl groups is 1. The van der Waals surface area contributed by atoms with Crippen molar-refractivity contribution in [1.29, 1.82) is 0 Å². The van der Waals surface area contributed by atoms with Crippen molar-refractivity contribution in [2.24, 2.45) is 0 Å². The Morgan fingerprint density at radius 1 is 1.40 bits per heavy atom. The second-order valence-electron chi connectivity index (χ2n) is 5.53. The maximum atomic E-state index is 11.2. The molecule has 0 amide bonds. The summed E-state index contributed by atoms with van der Waals surface area (Å²) in [6.45, 7) is 1.64. The lowest BCUT2D eigenvalue weighted by Gasteiger charge is -2.27. The van der Waals surface area contributed by atoms with E-state index in [2.05, 4.69) is 4.90 Å². The lowest BCUT2D eigenvalue weighted by molar-refractivity contribution is -0.383. The SMILES string of the molecule is C[C@@H](O)c1cc([N+](=O)[O-])c(N(C)C2CCCCCC2)s1. The summed E-state index contributed by atoms with van der Waals surface area (Å²) in [5.41, 5.74) is 0.123. The monoisotopic (exact) mass is 298 g/mol. The normalized spacial score (nSPS) is 18.6. The van der Waals surface area contributed by atoms with Gasteiger partial charge in [-0.3, -0.25) is 10.1 Å². The van der Waals surface area contributed by atoms with Crippen LogP contribution in [0, 0.1) is 10.1 Å². The summed E-state index contributed by atoms with van der Waals surface area (Å²) in [6.07, 6.45) is 6.43. The zero-order valence-corrected chi connectivity index (χ0v) is 12.9. The van der Waals surface area contributed by atoms with Crippen LogP contribution in [0.3, 0.4) is 0 Å². The Bertz CT molecular complexity index is 465. The topological polar surface area (TPSA) is 66.6 Å². The number of nitrogens with zero attached hydrogens (tertiary/aromatic N) is 2. The molecule has 0 bridgehead atoms. The zero-order valence-electron chi connectivity index (χ0n) is 12.0. The average Bonchev–Trinajstić information content (AvgIpc) is 2.68. The third kappa shape index (κ3) is 3.30. The molecule has 0 aliphatic heterocycles. The van der Waals surface area contributed by atoms with Crippen molar-refractivity contribution in [2.75, 3.05) is 11.9 Å². The van der Waals surface area contributed by atoms with Gasteiger partial charge in [-0.25, -0.2) is 0 Å². The summed E-state index contributed by atoms with van der Waals surface area (Å²) in [5.74, 6) is 0. The van der Waals surface area contributed by atoms with Crippen LogP contribution in [0.2, 0.25) is 0 Å². The van der Waals surface area contributed by atoms with Gasteiger partial charge in [0.15, 0.2) is 5.00 Å². The number of thiophene rings is 1. The van der Waals surface area contributed by atoms with E-state index < -0.39 is 6.10 Å². The van der Waals surface area contributed by atoms with E-state index in [1.54, 1.807) is 6.92 Å². The van der Waals surface area contributed by atoms with E-state index in [-0.39, 0.29) is 10.6 Å². The van der Waals surface area contributed by atoms with Gasteiger partial charge >= 0.3 is 5.69 Å². The van der Waals surface area contributed by atoms with Gasteiger partial charge in [0, 0.05) is 24.0 Å². The Balaban J connectivity index is 2.27. The highest BCUT2D eigenvalue weighted by Gasteiger charge is 2.27. The molecule has 1 aromatic heterocycles. The van der Waals surface area contributed by atoms with Gasteiger partial charge in [-0.1, -0.05) is 25.7 Å². The van der Waals surface area contributed by atoms with E-state index in [9.17, 15) is 15.2 Å². The number of rotatable bonds is 4. The molecule has 112 valence electrons. The number of hydrogen-bond donors (Lipinski definition) is 1. The van der Waals surface area contributed by atoms with Crippen molar-refractivity contribution in [3.8, 4) is 0 Å². The molecule has 6 heteroatoms. The Morgan fingerprint density at radius 3 is 2.50 bits per heavy atom. The Morgan fingerprint density at radius 2 is 2.00 bits per heavy atom. The van der Waals surface area contributed by atoms with Crippen molar-refractivity contribution in [3.05, 3.63) is 21.1 Å². The third-order valence-electron chi connectivity index (χ3n) is 4.01. The van der Waals surface area contributed by atoms with Crippen LogP contribution in [0.5, 0.6) is 0 Å². The van der Waals surface area contributed by atoms with Gasteiger partial charge in [-0.2, -0.15) is 0 Å². The van der Waals surface area contributed by atoms with Crippen LogP contribution in [-0.4, -0.2) is 23.1 Å². The van der Waals surface area contributed by atoms with E-state index in [0.29, 0.717) is 15.9 Å². The molecule has 0 aromatic carbocycles. The molecule has 1 aliphatic rings. The number of aliphatic hydroxyl groups excluding tert-OH is 1. The van der Waals surface area contributed by atoms with Gasteiger partial charge < -0.3 is 10.0 Å². The number of hydrogen-bond acceptors (Lipinski definition) is 5. The van der Waals surface area contributed by atoms with Gasteiger partial charge in [0.05, 0.1) is 11.0 Å². The lowest BCUT2D eigenvalue weighted by Crippen LogP contribution is -2.30. The first kappa shape index (κ1) is 15.3. The molecule has 1 aliphatic carbocycles. The van der Waals surface area contributed by atoms with Crippen LogP contribution < -0.4 is 4.90 Å². The first-order valence-corrected chi connectivity index (χ1v) is 8.01. The molecule has 1 aromatic rings. The third-order valence-corrected chi connectivity index (χ3v) is 5.40. The molecule has 5 nitrogen and oxygen atoms in total. The standard InChI is InChI=1S/C14H22N2O3S/c1-10(17)13-9-12(16(18)19)14(20-13)15(2)11-7-5-3-4-6-8-11/h9-11,17H,3-8H2,1-2H3/t10-/m1/s1. The molecule has 0 saturated heterocycles. The highest BCUT2D eigenvalue weighted by molar-refractivity contribution is 7.16. The zero-order chi connectivity index (χ0) is 14.7. The predicted molar refractivity (Wildman–Crippen MR) is 81.5 cm³/mol. The van der Waals surface area contributed by atoms with Crippen LogP contribution >= 0.6 is 11.3 Å². The summed E-state index contributed by atoms with van der Waals surface area (Å²) < 4.78 is 0. The van der Waals surface area contributed by atoms with Gasteiger partial charge in [0.1, 0.15) is 0 Å². The Kier molecular flexibility index (Phi) is 4.99. The fourth-order valence-electron chi connectivity index (χ4n) is 2.79. The molecule has 1 heterocycles. The van der Waals surface area contributed by atoms with Crippen LogP contribution in [0.25, 0.3) is 0 Å². The minimum absolute atomic E-state index is 0.123. The summed E-state index contributed by atoms with van der Waals surface area (Å²) in [4.78, 5) is 13.6. The molecular formula is C14H22N2O3S. The highest BCUT2D eigenvalue weighted by atomic mass is 32.1. The lowest BCUT2D eigenvalue weighted by atomic mass is 10.1. The smallest absolute Gasteiger partial charge is 0.304 e. The molecule has 0 radical (unpaired) electrons. The molecule has 1 atom stereocenters. The van der Waals surface area contributed by atoms with Crippen LogP contribution in [0.1, 0.15) is 56.4 Å². The van der Waals surface area contributed by atoms with E-state index >= 15 is 0 Å². The van der Waals surface area contributed by atoms with E-state index in [1.807, 2.05) is 7.05 Å². The second kappa shape index (κ2) is 6.54. The van der Waals surface area contributed by atoms with Gasteiger partial charge in [0.25, 0.3) is 0 Å². The Labute approximate surface area is 123 Å². The van der Waals surface area contributed by atoms with Gasteiger partial charge in [-0.05, 0) is 19.8 Å². The molecule has 0 unspecified atom stereocenters.